The van der Waals surface area contributed by atoms with Crippen molar-refractivity contribution in [1.29, 1.82) is 0 Å². The smallest absolute Gasteiger partial charge is 0.221 e. The van der Waals surface area contributed by atoms with Crippen LogP contribution in [0.2, 0.25) is 0 Å². The van der Waals surface area contributed by atoms with Gasteiger partial charge in [0.25, 0.3) is 0 Å². The molecule has 5 nitrogen and oxygen atoms in total. The van der Waals surface area contributed by atoms with Gasteiger partial charge in [-0.25, -0.2) is 4.98 Å². The number of amides is 1. The summed E-state index contributed by atoms with van der Waals surface area (Å²) in [7, 11) is 0. The number of hydrogen-bond donors (Lipinski definition) is 1. The van der Waals surface area contributed by atoms with Gasteiger partial charge in [0.15, 0.2) is 11.4 Å². The molecular weight excluding hydrogens is 326 g/mol. The molecule has 0 saturated carbocycles. The number of carbonyl (C=O) groups excluding carboxylic acids is 1. The van der Waals surface area contributed by atoms with Crippen molar-refractivity contribution in [2.75, 3.05) is 5.32 Å². The van der Waals surface area contributed by atoms with E-state index in [-0.39, 0.29) is 5.91 Å². The third-order valence-corrected chi connectivity index (χ3v) is 4.32. The van der Waals surface area contributed by atoms with Crippen molar-refractivity contribution < 1.29 is 9.53 Å². The molecule has 1 N–H and O–H groups in total. The quantitative estimate of drug-likeness (QED) is 0.717. The molecule has 0 spiro atoms. The molecule has 2 aromatic heterocycles. The lowest BCUT2D eigenvalue weighted by molar-refractivity contribution is -0.114. The van der Waals surface area contributed by atoms with Crippen LogP contribution in [0.1, 0.15) is 29.4 Å². The Hall–Kier alpha value is -3.26. The number of anilines is 1. The van der Waals surface area contributed by atoms with E-state index < -0.39 is 0 Å². The maximum atomic E-state index is 11.3. The third kappa shape index (κ3) is 3.40. The summed E-state index contributed by atoms with van der Waals surface area (Å²) in [6.07, 6.45) is 7.93. The highest BCUT2D eigenvalue weighted by atomic mass is 16.5. The van der Waals surface area contributed by atoms with Gasteiger partial charge < -0.3 is 10.1 Å². The number of aryl methyl sites for hydroxylation is 1. The molecule has 0 fully saturated rings. The van der Waals surface area contributed by atoms with E-state index in [0.717, 1.165) is 33.8 Å². The van der Waals surface area contributed by atoms with Crippen molar-refractivity contribution in [3.8, 4) is 18.1 Å². The largest absolute Gasteiger partial charge is 0.485 e. The van der Waals surface area contributed by atoms with Crippen molar-refractivity contribution >= 4 is 17.2 Å². The number of pyridine rings is 1. The number of hydrogen-bond acceptors (Lipinski definition) is 3. The van der Waals surface area contributed by atoms with Crippen LogP contribution in [-0.2, 0) is 17.8 Å². The first-order valence-corrected chi connectivity index (χ1v) is 8.40. The lowest BCUT2D eigenvalue weighted by atomic mass is 10.1. The molecule has 3 aromatic rings. The zero-order valence-corrected chi connectivity index (χ0v) is 15.2. The highest BCUT2D eigenvalue weighted by molar-refractivity contribution is 5.89. The summed E-state index contributed by atoms with van der Waals surface area (Å²) in [5.41, 5.74) is 5.45. The van der Waals surface area contributed by atoms with Crippen molar-refractivity contribution in [1.82, 2.24) is 9.38 Å². The number of fused-ring (bicyclic) bond motifs is 1. The summed E-state index contributed by atoms with van der Waals surface area (Å²) in [6.45, 7) is 5.80. The second-order valence-corrected chi connectivity index (χ2v) is 6.15. The predicted molar refractivity (Wildman–Crippen MR) is 102 cm³/mol. The number of imidazole rings is 1. The van der Waals surface area contributed by atoms with Crippen LogP contribution in [0.25, 0.3) is 5.65 Å². The van der Waals surface area contributed by atoms with Crippen molar-refractivity contribution in [3.05, 3.63) is 59.0 Å². The van der Waals surface area contributed by atoms with Gasteiger partial charge in [0.1, 0.15) is 6.61 Å². The highest BCUT2D eigenvalue weighted by Crippen LogP contribution is 2.25. The van der Waals surface area contributed by atoms with E-state index >= 15 is 0 Å². The molecule has 0 atom stereocenters. The van der Waals surface area contributed by atoms with Crippen molar-refractivity contribution in [2.24, 2.45) is 0 Å². The van der Waals surface area contributed by atoms with Gasteiger partial charge in [-0.15, -0.1) is 12.3 Å². The molecule has 0 aliphatic rings. The molecule has 0 aliphatic heterocycles. The number of rotatable bonds is 5. The van der Waals surface area contributed by atoms with Crippen LogP contribution < -0.4 is 10.1 Å². The van der Waals surface area contributed by atoms with Crippen LogP contribution in [0, 0.1) is 26.2 Å². The Labute approximate surface area is 153 Å². The lowest BCUT2D eigenvalue weighted by Gasteiger charge is -2.13. The van der Waals surface area contributed by atoms with Crippen LogP contribution in [-0.4, -0.2) is 15.3 Å². The molecule has 0 radical (unpaired) electrons. The topological polar surface area (TPSA) is 55.6 Å². The van der Waals surface area contributed by atoms with E-state index in [4.69, 9.17) is 11.2 Å². The molecule has 132 valence electrons. The average Bonchev–Trinajstić information content (AvgIpc) is 2.92. The summed E-state index contributed by atoms with van der Waals surface area (Å²) >= 11 is 0. The Morgan fingerprint density at radius 3 is 2.85 bits per heavy atom. The number of ether oxygens (including phenoxy) is 1. The minimum Gasteiger partial charge on any atom is -0.485 e. The highest BCUT2D eigenvalue weighted by Gasteiger charge is 2.12. The molecule has 0 saturated heterocycles. The maximum Gasteiger partial charge on any atom is 0.221 e. The van der Waals surface area contributed by atoms with Gasteiger partial charge in [0, 0.05) is 18.8 Å². The Morgan fingerprint density at radius 1 is 1.31 bits per heavy atom. The van der Waals surface area contributed by atoms with Crippen molar-refractivity contribution in [3.63, 3.8) is 0 Å². The monoisotopic (exact) mass is 347 g/mol. The van der Waals surface area contributed by atoms with Crippen molar-refractivity contribution in [2.45, 2.75) is 33.8 Å². The van der Waals surface area contributed by atoms with Gasteiger partial charge in [-0.1, -0.05) is 12.1 Å². The van der Waals surface area contributed by atoms with Gasteiger partial charge in [0.05, 0.1) is 17.8 Å². The van der Waals surface area contributed by atoms with E-state index in [0.29, 0.717) is 18.8 Å². The number of nitrogens with zero attached hydrogens (tertiary/aromatic N) is 2. The van der Waals surface area contributed by atoms with Gasteiger partial charge in [-0.3, -0.25) is 9.20 Å². The van der Waals surface area contributed by atoms with Crippen LogP contribution >= 0.6 is 0 Å². The van der Waals surface area contributed by atoms with Gasteiger partial charge in [-0.2, -0.15) is 0 Å². The minimum absolute atomic E-state index is 0.0927. The van der Waals surface area contributed by atoms with E-state index in [1.807, 2.05) is 54.8 Å². The Bertz CT molecular complexity index is 1010. The molecule has 1 amide bonds. The molecule has 26 heavy (non-hydrogen) atoms. The first-order chi connectivity index (χ1) is 12.5. The SMILES string of the molecule is C#CCc1c(C)nc2c(OCc3cccc(NC(C)=O)c3C)cccn12. The maximum absolute atomic E-state index is 11.3. The van der Waals surface area contributed by atoms with Gasteiger partial charge in [-0.05, 0) is 43.2 Å². The van der Waals surface area contributed by atoms with E-state index in [9.17, 15) is 4.79 Å². The summed E-state index contributed by atoms with van der Waals surface area (Å²) in [4.78, 5) is 15.9. The molecule has 5 heteroatoms. The first-order valence-electron chi connectivity index (χ1n) is 8.40. The fourth-order valence-electron chi connectivity index (χ4n) is 2.95. The Kier molecular flexibility index (Phi) is 4.94. The second kappa shape index (κ2) is 7.32. The van der Waals surface area contributed by atoms with E-state index in [2.05, 4.69) is 16.2 Å². The number of benzene rings is 1. The lowest BCUT2D eigenvalue weighted by Crippen LogP contribution is -2.09. The second-order valence-electron chi connectivity index (χ2n) is 6.15. The van der Waals surface area contributed by atoms with Gasteiger partial charge in [0.2, 0.25) is 5.91 Å². The normalized spacial score (nSPS) is 10.5. The summed E-state index contributed by atoms with van der Waals surface area (Å²) in [6, 6.07) is 9.59. The third-order valence-electron chi connectivity index (χ3n) is 4.32. The molecule has 2 heterocycles. The van der Waals surface area contributed by atoms with E-state index in [1.165, 1.54) is 6.92 Å². The molecule has 0 bridgehead atoms. The van der Waals surface area contributed by atoms with Crippen LogP contribution in [0.4, 0.5) is 5.69 Å². The van der Waals surface area contributed by atoms with Crippen LogP contribution in [0.15, 0.2) is 36.5 Å². The zero-order chi connectivity index (χ0) is 18.7. The molecule has 3 rings (SSSR count). The predicted octanol–water partition coefficient (Wildman–Crippen LogP) is 3.66. The number of aromatic nitrogens is 2. The summed E-state index contributed by atoms with van der Waals surface area (Å²) in [5.74, 6) is 3.28. The zero-order valence-electron chi connectivity index (χ0n) is 15.2. The molecule has 0 unspecified atom stereocenters. The first kappa shape index (κ1) is 17.6. The van der Waals surface area contributed by atoms with Crippen LogP contribution in [0.3, 0.4) is 0 Å². The molecule has 0 aliphatic carbocycles. The molecule has 1 aromatic carbocycles. The summed E-state index contributed by atoms with van der Waals surface area (Å²) < 4.78 is 8.02. The van der Waals surface area contributed by atoms with Gasteiger partial charge >= 0.3 is 0 Å². The fraction of sp³-hybridized carbons (Fsp3) is 0.238. The number of terminal acetylenes is 1. The fourth-order valence-corrected chi connectivity index (χ4v) is 2.95. The average molecular weight is 347 g/mol. The van der Waals surface area contributed by atoms with E-state index in [1.54, 1.807) is 0 Å². The molecular formula is C21H21N3O2. The standard InChI is InChI=1S/C21H21N3O2/c1-5-8-19-15(3)22-21-20(11-7-12-24(19)21)26-13-17-9-6-10-18(14(17)2)23-16(4)25/h1,6-7,9-12H,8,13H2,2-4H3,(H,23,25). The Morgan fingerprint density at radius 2 is 2.12 bits per heavy atom. The van der Waals surface area contributed by atoms with Crippen LogP contribution in [0.5, 0.6) is 5.75 Å². The number of carbonyl (C=O) groups is 1. The Balaban J connectivity index is 1.88. The summed E-state index contributed by atoms with van der Waals surface area (Å²) in [5, 5.41) is 2.84. The minimum atomic E-state index is -0.0927. The number of nitrogens with one attached hydrogen (secondary N) is 1.